The summed E-state index contributed by atoms with van der Waals surface area (Å²) < 4.78 is 11.2. The van der Waals surface area contributed by atoms with Crippen LogP contribution < -0.4 is 4.74 Å². The van der Waals surface area contributed by atoms with Crippen molar-refractivity contribution >= 4 is 11.6 Å². The fraction of sp³-hybridized carbons (Fsp3) is 0.538. The van der Waals surface area contributed by atoms with Crippen molar-refractivity contribution in [1.82, 2.24) is 4.90 Å². The highest BCUT2D eigenvalue weighted by Crippen LogP contribution is 2.28. The molecule has 1 unspecified atom stereocenters. The van der Waals surface area contributed by atoms with Crippen molar-refractivity contribution in [3.8, 4) is 5.75 Å². The van der Waals surface area contributed by atoms with Crippen molar-refractivity contribution < 1.29 is 9.47 Å². The molecule has 1 atom stereocenters. The molecular weight excluding hydrogens is 238 g/mol. The molecule has 2 aliphatic rings. The van der Waals surface area contributed by atoms with Crippen LogP contribution in [0.3, 0.4) is 0 Å². The lowest BCUT2D eigenvalue weighted by atomic mass is 10.1. The summed E-state index contributed by atoms with van der Waals surface area (Å²) in [6.45, 7) is 4.33. The van der Waals surface area contributed by atoms with Gasteiger partial charge in [0.25, 0.3) is 0 Å². The van der Waals surface area contributed by atoms with E-state index in [1.807, 2.05) is 18.2 Å². The molecule has 3 nitrogen and oxygen atoms in total. The summed E-state index contributed by atoms with van der Waals surface area (Å²) in [6.07, 6.45) is 1.12. The first-order valence-corrected chi connectivity index (χ1v) is 6.44. The number of hydrogen-bond donors (Lipinski definition) is 0. The highest BCUT2D eigenvalue weighted by Gasteiger charge is 2.25. The number of fused-ring (bicyclic) bond motifs is 1. The number of rotatable bonds is 1. The van der Waals surface area contributed by atoms with Crippen LogP contribution in [0.25, 0.3) is 0 Å². The van der Waals surface area contributed by atoms with Gasteiger partial charge in [-0.2, -0.15) is 0 Å². The molecule has 3 rings (SSSR count). The van der Waals surface area contributed by atoms with E-state index in [1.165, 1.54) is 5.56 Å². The van der Waals surface area contributed by atoms with Gasteiger partial charge < -0.3 is 9.47 Å². The van der Waals surface area contributed by atoms with E-state index < -0.39 is 0 Å². The Morgan fingerprint density at radius 1 is 1.29 bits per heavy atom. The standard InChI is InChI=1S/C13H16ClNO2/c14-11-1-2-13-10(7-11)8-15(4-6-17-13)12-3-5-16-9-12/h1-2,7,12H,3-6,8-9H2. The smallest absolute Gasteiger partial charge is 0.123 e. The Balaban J connectivity index is 1.82. The summed E-state index contributed by atoms with van der Waals surface area (Å²) in [5.74, 6) is 0.968. The van der Waals surface area contributed by atoms with Crippen LogP contribution in [-0.2, 0) is 11.3 Å². The Morgan fingerprint density at radius 2 is 2.24 bits per heavy atom. The van der Waals surface area contributed by atoms with Crippen LogP contribution >= 0.6 is 11.6 Å². The van der Waals surface area contributed by atoms with Gasteiger partial charge in [0.15, 0.2) is 0 Å². The van der Waals surface area contributed by atoms with Crippen molar-refractivity contribution in [2.75, 3.05) is 26.4 Å². The molecule has 0 spiro atoms. The van der Waals surface area contributed by atoms with E-state index in [-0.39, 0.29) is 0 Å². The molecule has 0 saturated carbocycles. The summed E-state index contributed by atoms with van der Waals surface area (Å²) in [5.41, 5.74) is 1.18. The zero-order valence-corrected chi connectivity index (χ0v) is 10.4. The lowest BCUT2D eigenvalue weighted by Crippen LogP contribution is -2.36. The SMILES string of the molecule is Clc1ccc2c(c1)CN(C1CCOC1)CCO2. The molecule has 1 aromatic rings. The van der Waals surface area contributed by atoms with Crippen molar-refractivity contribution in [2.45, 2.75) is 19.0 Å². The number of halogens is 1. The summed E-state index contributed by atoms with van der Waals surface area (Å²) in [5, 5.41) is 0.775. The maximum atomic E-state index is 6.04. The molecule has 0 bridgehead atoms. The Morgan fingerprint density at radius 3 is 3.06 bits per heavy atom. The molecule has 1 saturated heterocycles. The fourth-order valence-corrected chi connectivity index (χ4v) is 2.70. The first-order valence-electron chi connectivity index (χ1n) is 6.06. The summed E-state index contributed by atoms with van der Waals surface area (Å²) >= 11 is 6.04. The first-order chi connectivity index (χ1) is 8.33. The van der Waals surface area contributed by atoms with Crippen molar-refractivity contribution in [3.63, 3.8) is 0 Å². The fourth-order valence-electron chi connectivity index (χ4n) is 2.50. The van der Waals surface area contributed by atoms with E-state index in [0.717, 1.165) is 50.1 Å². The molecule has 0 aliphatic carbocycles. The van der Waals surface area contributed by atoms with E-state index in [9.17, 15) is 0 Å². The van der Waals surface area contributed by atoms with Crippen LogP contribution in [0.5, 0.6) is 5.75 Å². The molecule has 0 N–H and O–H groups in total. The number of nitrogens with zero attached hydrogens (tertiary/aromatic N) is 1. The van der Waals surface area contributed by atoms with Crippen molar-refractivity contribution in [1.29, 1.82) is 0 Å². The highest BCUT2D eigenvalue weighted by molar-refractivity contribution is 6.30. The van der Waals surface area contributed by atoms with E-state index in [4.69, 9.17) is 21.1 Å². The molecule has 0 aromatic heterocycles. The second-order valence-corrected chi connectivity index (χ2v) is 5.02. The minimum absolute atomic E-state index is 0.531. The second kappa shape index (κ2) is 4.84. The summed E-state index contributed by atoms with van der Waals surface area (Å²) in [6, 6.07) is 6.38. The van der Waals surface area contributed by atoms with E-state index >= 15 is 0 Å². The topological polar surface area (TPSA) is 21.7 Å². The lowest BCUT2D eigenvalue weighted by molar-refractivity contribution is 0.132. The quantitative estimate of drug-likeness (QED) is 0.767. The second-order valence-electron chi connectivity index (χ2n) is 4.59. The van der Waals surface area contributed by atoms with Crippen LogP contribution in [-0.4, -0.2) is 37.3 Å². The number of ether oxygens (including phenoxy) is 2. The molecule has 2 heterocycles. The number of hydrogen-bond acceptors (Lipinski definition) is 3. The summed E-state index contributed by atoms with van der Waals surface area (Å²) in [4.78, 5) is 2.44. The zero-order valence-electron chi connectivity index (χ0n) is 9.69. The van der Waals surface area contributed by atoms with Gasteiger partial charge in [-0.25, -0.2) is 0 Å². The predicted octanol–water partition coefficient (Wildman–Crippen LogP) is 2.32. The zero-order chi connectivity index (χ0) is 11.7. The average molecular weight is 254 g/mol. The average Bonchev–Trinajstić information content (AvgIpc) is 2.77. The molecule has 1 fully saturated rings. The molecule has 2 aliphatic heterocycles. The molecule has 4 heteroatoms. The van der Waals surface area contributed by atoms with Gasteiger partial charge in [0.05, 0.1) is 6.61 Å². The van der Waals surface area contributed by atoms with Crippen LogP contribution in [0.4, 0.5) is 0 Å². The summed E-state index contributed by atoms with van der Waals surface area (Å²) in [7, 11) is 0. The van der Waals surface area contributed by atoms with Crippen LogP contribution in [0, 0.1) is 0 Å². The van der Waals surface area contributed by atoms with Gasteiger partial charge in [-0.05, 0) is 24.6 Å². The van der Waals surface area contributed by atoms with E-state index in [1.54, 1.807) is 0 Å². The monoisotopic (exact) mass is 253 g/mol. The normalized spacial score (nSPS) is 25.1. The Labute approximate surface area is 106 Å². The number of benzene rings is 1. The van der Waals surface area contributed by atoms with Crippen LogP contribution in [0.1, 0.15) is 12.0 Å². The third kappa shape index (κ3) is 2.41. The highest BCUT2D eigenvalue weighted by atomic mass is 35.5. The maximum Gasteiger partial charge on any atom is 0.123 e. The Kier molecular flexibility index (Phi) is 3.23. The maximum absolute atomic E-state index is 6.04. The van der Waals surface area contributed by atoms with Gasteiger partial charge in [-0.15, -0.1) is 0 Å². The molecular formula is C13H16ClNO2. The molecule has 1 aromatic carbocycles. The molecule has 0 radical (unpaired) electrons. The van der Waals surface area contributed by atoms with E-state index in [2.05, 4.69) is 4.90 Å². The lowest BCUT2D eigenvalue weighted by Gasteiger charge is -2.25. The Hall–Kier alpha value is -0.770. The van der Waals surface area contributed by atoms with Gasteiger partial charge in [-0.3, -0.25) is 4.90 Å². The van der Waals surface area contributed by atoms with Crippen molar-refractivity contribution in [3.05, 3.63) is 28.8 Å². The van der Waals surface area contributed by atoms with Gasteiger partial charge >= 0.3 is 0 Å². The molecule has 0 amide bonds. The minimum atomic E-state index is 0.531. The Bertz CT molecular complexity index is 404. The first kappa shape index (κ1) is 11.3. The van der Waals surface area contributed by atoms with Gasteiger partial charge in [0.2, 0.25) is 0 Å². The minimum Gasteiger partial charge on any atom is -0.492 e. The third-order valence-corrected chi connectivity index (χ3v) is 3.69. The predicted molar refractivity (Wildman–Crippen MR) is 66.6 cm³/mol. The largest absolute Gasteiger partial charge is 0.492 e. The van der Waals surface area contributed by atoms with E-state index in [0.29, 0.717) is 6.04 Å². The van der Waals surface area contributed by atoms with Crippen LogP contribution in [0.15, 0.2) is 18.2 Å². The molecule has 92 valence electrons. The van der Waals surface area contributed by atoms with Crippen LogP contribution in [0.2, 0.25) is 5.02 Å². The third-order valence-electron chi connectivity index (χ3n) is 3.45. The van der Waals surface area contributed by atoms with Gasteiger partial charge in [0.1, 0.15) is 12.4 Å². The molecule has 17 heavy (non-hydrogen) atoms. The van der Waals surface area contributed by atoms with Crippen molar-refractivity contribution in [2.24, 2.45) is 0 Å². The van der Waals surface area contributed by atoms with Gasteiger partial charge in [0, 0.05) is 36.3 Å². The van der Waals surface area contributed by atoms with Gasteiger partial charge in [-0.1, -0.05) is 11.6 Å².